The van der Waals surface area contributed by atoms with Gasteiger partial charge in [-0.1, -0.05) is 0 Å². The van der Waals surface area contributed by atoms with Crippen LogP contribution in [-0.2, 0) is 4.79 Å². The first-order valence-corrected chi connectivity index (χ1v) is 6.11. The summed E-state index contributed by atoms with van der Waals surface area (Å²) in [5.41, 5.74) is 1.22. The fourth-order valence-electron chi connectivity index (χ4n) is 0.982. The summed E-state index contributed by atoms with van der Waals surface area (Å²) < 4.78 is 2.00. The maximum Gasteiger partial charge on any atom is 0.215 e. The van der Waals surface area contributed by atoms with Gasteiger partial charge >= 0.3 is 0 Å². The van der Waals surface area contributed by atoms with Crippen molar-refractivity contribution in [3.63, 3.8) is 0 Å². The summed E-state index contributed by atoms with van der Waals surface area (Å²) in [7, 11) is 3.22. The van der Waals surface area contributed by atoms with Crippen molar-refractivity contribution in [2.75, 3.05) is 0 Å². The molecule has 1 amide bonds. The number of amides is 1. The number of carbonyl (C=O) groups excluding carboxylic acids is 1. The minimum absolute atomic E-state index is 0.434. The molecule has 1 saturated heterocycles. The number of carbonyl (C=O) groups is 1. The highest BCUT2D eigenvalue weighted by Crippen LogP contribution is 2.23. The van der Waals surface area contributed by atoms with E-state index in [1.54, 1.807) is 0 Å². The summed E-state index contributed by atoms with van der Waals surface area (Å²) in [6, 6.07) is 0. The molecule has 46 valence electrons. The minimum atomic E-state index is 0.434. The lowest BCUT2D eigenvalue weighted by molar-refractivity contribution is -0.134. The van der Waals surface area contributed by atoms with Crippen molar-refractivity contribution in [1.82, 2.24) is 4.57 Å². The van der Waals surface area contributed by atoms with E-state index in [1.807, 2.05) is 4.57 Å². The number of hydrogen-bond donors (Lipinski definition) is 0. The molecule has 0 spiro atoms. The van der Waals surface area contributed by atoms with Gasteiger partial charge in [0.25, 0.3) is 0 Å². The summed E-state index contributed by atoms with van der Waals surface area (Å²) >= 11 is 0. The van der Waals surface area contributed by atoms with Crippen molar-refractivity contribution < 1.29 is 4.79 Å². The monoisotopic (exact) mass is 161 g/mol. The Morgan fingerprint density at radius 1 is 1.50 bits per heavy atom. The van der Waals surface area contributed by atoms with Crippen molar-refractivity contribution >= 4 is 36.8 Å². The second-order valence-electron chi connectivity index (χ2n) is 2.48. The maximum absolute atomic E-state index is 10.8. The fraction of sp³-hybridized carbons (Fsp3) is 0.667. The second kappa shape index (κ2) is 1.82. The average molecular weight is 161 g/mol. The molecule has 0 saturated carbocycles. The molecule has 1 fully saturated rings. The number of β-lactam (4-membered cyclic amide) rings is 1. The van der Waals surface area contributed by atoms with Crippen LogP contribution in [0.25, 0.3) is 0 Å². The molecule has 0 aromatic carbocycles. The van der Waals surface area contributed by atoms with Crippen LogP contribution in [-0.4, -0.2) is 47.0 Å². The molecular weight excluding hydrogens is 150 g/mol. The molecule has 2 nitrogen and oxygen atoms in total. The van der Waals surface area contributed by atoms with Crippen LogP contribution < -0.4 is 0 Å². The lowest BCUT2D eigenvalue weighted by atomic mass is 10.2. The quantitative estimate of drug-likeness (QED) is 0.262. The first kappa shape index (κ1) is 6.24. The van der Waals surface area contributed by atoms with Gasteiger partial charge in [0.15, 0.2) is 0 Å². The van der Waals surface area contributed by atoms with Crippen LogP contribution in [0, 0.1) is 0 Å². The molecular formula is C3H11NOSi3. The van der Waals surface area contributed by atoms with E-state index in [9.17, 15) is 4.79 Å². The average Bonchev–Trinajstić information content (AvgIpc) is 1.83. The topological polar surface area (TPSA) is 20.3 Å². The third kappa shape index (κ3) is 0.618. The van der Waals surface area contributed by atoms with Crippen LogP contribution in [0.3, 0.4) is 0 Å². The van der Waals surface area contributed by atoms with E-state index in [1.165, 1.54) is 10.2 Å². The SMILES string of the molecule is O=C1C([SiH3])C([SiH3])N1[SiH3]. The van der Waals surface area contributed by atoms with Gasteiger partial charge in [0.2, 0.25) is 5.91 Å². The molecule has 1 heterocycles. The number of rotatable bonds is 0. The molecule has 5 heteroatoms. The Bertz CT molecular complexity index is 116. The normalized spacial score (nSPS) is 38.5. The second-order valence-corrected chi connectivity index (χ2v) is 5.87. The van der Waals surface area contributed by atoms with Crippen LogP contribution in [0.4, 0.5) is 0 Å². The van der Waals surface area contributed by atoms with Gasteiger partial charge in [0.1, 0.15) is 10.4 Å². The molecule has 1 aliphatic rings. The van der Waals surface area contributed by atoms with E-state index in [0.29, 0.717) is 11.4 Å². The van der Waals surface area contributed by atoms with Crippen LogP contribution >= 0.6 is 0 Å². The van der Waals surface area contributed by atoms with Crippen LogP contribution in [0.2, 0.25) is 5.54 Å². The van der Waals surface area contributed by atoms with E-state index in [-0.39, 0.29) is 0 Å². The Balaban J connectivity index is 2.55. The van der Waals surface area contributed by atoms with Gasteiger partial charge in [0.05, 0.1) is 0 Å². The van der Waals surface area contributed by atoms with E-state index in [4.69, 9.17) is 0 Å². The summed E-state index contributed by atoms with van der Waals surface area (Å²) in [6.45, 7) is 0. The summed E-state index contributed by atoms with van der Waals surface area (Å²) in [5.74, 6) is 0.434. The summed E-state index contributed by atoms with van der Waals surface area (Å²) in [4.78, 5) is 10.8. The highest BCUT2D eigenvalue weighted by atomic mass is 28.2. The van der Waals surface area contributed by atoms with Gasteiger partial charge in [-0.2, -0.15) is 0 Å². The van der Waals surface area contributed by atoms with Crippen molar-refractivity contribution in [2.24, 2.45) is 0 Å². The van der Waals surface area contributed by atoms with Crippen molar-refractivity contribution in [3.05, 3.63) is 0 Å². The van der Waals surface area contributed by atoms with Crippen LogP contribution in [0.5, 0.6) is 0 Å². The van der Waals surface area contributed by atoms with Gasteiger partial charge in [-0.25, -0.2) is 0 Å². The number of nitrogens with zero attached hydrogens (tertiary/aromatic N) is 1. The molecule has 8 heavy (non-hydrogen) atoms. The maximum atomic E-state index is 10.8. The Labute approximate surface area is 58.0 Å². The molecule has 0 aromatic rings. The highest BCUT2D eigenvalue weighted by Gasteiger charge is 2.36. The lowest BCUT2D eigenvalue weighted by Crippen LogP contribution is -2.56. The van der Waals surface area contributed by atoms with E-state index >= 15 is 0 Å². The Kier molecular flexibility index (Phi) is 1.42. The lowest BCUT2D eigenvalue weighted by Gasteiger charge is -2.42. The smallest absolute Gasteiger partial charge is 0.215 e. The van der Waals surface area contributed by atoms with Gasteiger partial charge in [0, 0.05) is 31.7 Å². The molecule has 0 radical (unpaired) electrons. The van der Waals surface area contributed by atoms with E-state index in [2.05, 4.69) is 0 Å². The van der Waals surface area contributed by atoms with Crippen molar-refractivity contribution in [1.29, 1.82) is 0 Å². The standard InChI is InChI=1S/C3H11NOSi3/c5-2-1(6)3(7)4(2)8/h1,3H,6-8H3. The molecule has 0 aromatic heterocycles. The molecule has 0 N–H and O–H groups in total. The number of hydrogen-bond acceptors (Lipinski definition) is 1. The molecule has 0 bridgehead atoms. The predicted molar refractivity (Wildman–Crippen MR) is 44.2 cm³/mol. The van der Waals surface area contributed by atoms with E-state index < -0.39 is 0 Å². The molecule has 1 aliphatic heterocycles. The first-order valence-electron chi connectivity index (χ1n) is 2.91. The largest absolute Gasteiger partial charge is 0.379 e. The predicted octanol–water partition coefficient (Wildman–Crippen LogP) is -4.05. The van der Waals surface area contributed by atoms with Crippen LogP contribution in [0.1, 0.15) is 0 Å². The van der Waals surface area contributed by atoms with E-state index in [0.717, 1.165) is 26.3 Å². The van der Waals surface area contributed by atoms with Gasteiger partial charge < -0.3 is 4.57 Å². The van der Waals surface area contributed by atoms with Crippen molar-refractivity contribution in [2.45, 2.75) is 11.2 Å². The zero-order chi connectivity index (χ0) is 6.31. The molecule has 2 atom stereocenters. The highest BCUT2D eigenvalue weighted by molar-refractivity contribution is 6.40. The Morgan fingerprint density at radius 2 is 2.00 bits per heavy atom. The molecule has 0 aliphatic carbocycles. The molecule has 1 rings (SSSR count). The zero-order valence-corrected chi connectivity index (χ0v) is 11.5. The Hall–Kier alpha value is 0.121. The van der Waals surface area contributed by atoms with Crippen LogP contribution in [0.15, 0.2) is 0 Å². The summed E-state index contributed by atoms with van der Waals surface area (Å²) in [6.07, 6.45) is 0. The minimum Gasteiger partial charge on any atom is -0.379 e. The Morgan fingerprint density at radius 3 is 2.12 bits per heavy atom. The van der Waals surface area contributed by atoms with Gasteiger partial charge in [-0.05, 0) is 0 Å². The first-order chi connectivity index (χ1) is 3.64. The third-order valence-electron chi connectivity index (χ3n) is 2.07. The third-order valence-corrected chi connectivity index (χ3v) is 8.93. The zero-order valence-electron chi connectivity index (χ0n) is 5.51. The summed E-state index contributed by atoms with van der Waals surface area (Å²) in [5, 5.41) is 0. The van der Waals surface area contributed by atoms with Crippen molar-refractivity contribution in [3.8, 4) is 0 Å². The van der Waals surface area contributed by atoms with Gasteiger partial charge in [-0.15, -0.1) is 0 Å². The fourth-order valence-corrected chi connectivity index (χ4v) is 4.34. The molecule has 2 unspecified atom stereocenters. The van der Waals surface area contributed by atoms with Gasteiger partial charge in [-0.3, -0.25) is 4.79 Å².